The summed E-state index contributed by atoms with van der Waals surface area (Å²) in [5.74, 6) is 0. The molecule has 1 aliphatic rings. The lowest BCUT2D eigenvalue weighted by molar-refractivity contribution is -0.137. The number of hydrogen-bond acceptors (Lipinski definition) is 2. The third-order valence-electron chi connectivity index (χ3n) is 3.35. The second kappa shape index (κ2) is 6.40. The van der Waals surface area contributed by atoms with Gasteiger partial charge in [0.1, 0.15) is 0 Å². The maximum absolute atomic E-state index is 12.9. The van der Waals surface area contributed by atoms with Crippen molar-refractivity contribution in [3.05, 3.63) is 65.2 Å². The van der Waals surface area contributed by atoms with Crippen LogP contribution in [-0.2, 0) is 6.18 Å². The molecule has 0 aromatic heterocycles. The zero-order valence-electron chi connectivity index (χ0n) is 11.5. The van der Waals surface area contributed by atoms with Gasteiger partial charge in [-0.1, -0.05) is 30.3 Å². The Morgan fingerprint density at radius 2 is 1.73 bits per heavy atom. The number of benzene rings is 2. The van der Waals surface area contributed by atoms with Gasteiger partial charge in [-0.25, -0.2) is 0 Å². The first-order valence-electron chi connectivity index (χ1n) is 6.61. The average Bonchev–Trinajstić information content (AvgIpc) is 2.69. The van der Waals surface area contributed by atoms with Crippen LogP contribution in [0.1, 0.15) is 16.7 Å². The first-order chi connectivity index (χ1) is 10.1. The standard InChI is InChI=1S/C16H13F3N2.ClH/c17-16(18,19)12-6-7-14-13(10-12)15(21-9-8-20-14)11-4-2-1-3-5-11;/h1-7,10,20H,8-9H2;1H. The number of fused-ring (bicyclic) bond motifs is 1. The van der Waals surface area contributed by atoms with E-state index in [0.29, 0.717) is 30.1 Å². The van der Waals surface area contributed by atoms with E-state index in [1.165, 1.54) is 12.1 Å². The molecule has 1 N–H and O–H groups in total. The predicted octanol–water partition coefficient (Wildman–Crippen LogP) is 4.39. The van der Waals surface area contributed by atoms with Crippen LogP contribution in [0.3, 0.4) is 0 Å². The lowest BCUT2D eigenvalue weighted by atomic mass is 9.98. The van der Waals surface area contributed by atoms with E-state index >= 15 is 0 Å². The number of aliphatic imine (C=N–C) groups is 1. The molecule has 1 aliphatic heterocycles. The monoisotopic (exact) mass is 326 g/mol. The molecule has 6 heteroatoms. The SMILES string of the molecule is Cl.FC(F)(F)c1ccc2c(c1)C(c1ccccc1)=NCCN2. The maximum Gasteiger partial charge on any atom is 0.416 e. The molecule has 0 fully saturated rings. The molecule has 116 valence electrons. The first kappa shape index (κ1) is 16.4. The van der Waals surface area contributed by atoms with Crippen LogP contribution in [0.2, 0.25) is 0 Å². The van der Waals surface area contributed by atoms with Gasteiger partial charge in [0.15, 0.2) is 0 Å². The average molecular weight is 327 g/mol. The fourth-order valence-corrected chi connectivity index (χ4v) is 2.36. The molecule has 22 heavy (non-hydrogen) atoms. The van der Waals surface area contributed by atoms with Crippen LogP contribution in [0.5, 0.6) is 0 Å². The van der Waals surface area contributed by atoms with Gasteiger partial charge in [-0.2, -0.15) is 13.2 Å². The van der Waals surface area contributed by atoms with E-state index in [1.807, 2.05) is 30.3 Å². The molecule has 0 saturated heterocycles. The highest BCUT2D eigenvalue weighted by Crippen LogP contribution is 2.33. The molecule has 0 unspecified atom stereocenters. The van der Waals surface area contributed by atoms with E-state index in [-0.39, 0.29) is 12.4 Å². The maximum atomic E-state index is 12.9. The first-order valence-corrected chi connectivity index (χ1v) is 6.61. The molecular weight excluding hydrogens is 313 g/mol. The normalized spacial score (nSPS) is 14.0. The topological polar surface area (TPSA) is 24.4 Å². The van der Waals surface area contributed by atoms with Crippen molar-refractivity contribution >= 4 is 23.8 Å². The predicted molar refractivity (Wildman–Crippen MR) is 84.1 cm³/mol. The van der Waals surface area contributed by atoms with E-state index in [0.717, 1.165) is 11.6 Å². The Hall–Kier alpha value is -2.01. The van der Waals surface area contributed by atoms with Gasteiger partial charge < -0.3 is 5.32 Å². The van der Waals surface area contributed by atoms with Crippen LogP contribution < -0.4 is 5.32 Å². The van der Waals surface area contributed by atoms with Gasteiger partial charge in [0.2, 0.25) is 0 Å². The minimum atomic E-state index is -4.36. The van der Waals surface area contributed by atoms with Crippen molar-refractivity contribution in [2.45, 2.75) is 6.18 Å². The van der Waals surface area contributed by atoms with E-state index in [4.69, 9.17) is 0 Å². The van der Waals surface area contributed by atoms with Crippen molar-refractivity contribution in [2.24, 2.45) is 4.99 Å². The number of rotatable bonds is 1. The number of benzodiazepines with no additional fused rings is 1. The summed E-state index contributed by atoms with van der Waals surface area (Å²) >= 11 is 0. The molecule has 2 nitrogen and oxygen atoms in total. The summed E-state index contributed by atoms with van der Waals surface area (Å²) in [7, 11) is 0. The van der Waals surface area contributed by atoms with Crippen LogP contribution in [0, 0.1) is 0 Å². The van der Waals surface area contributed by atoms with Gasteiger partial charge in [0.05, 0.1) is 17.8 Å². The minimum absolute atomic E-state index is 0. The molecule has 1 heterocycles. The summed E-state index contributed by atoms with van der Waals surface area (Å²) in [6.07, 6.45) is -4.36. The summed E-state index contributed by atoms with van der Waals surface area (Å²) in [5.41, 5.74) is 1.94. The Kier molecular flexibility index (Phi) is 4.76. The third-order valence-corrected chi connectivity index (χ3v) is 3.35. The molecular formula is C16H14ClF3N2. The lowest BCUT2D eigenvalue weighted by Crippen LogP contribution is -2.10. The quantitative estimate of drug-likeness (QED) is 0.825. The molecule has 0 atom stereocenters. The number of hydrogen-bond donors (Lipinski definition) is 1. The molecule has 2 aromatic rings. The highest BCUT2D eigenvalue weighted by molar-refractivity contribution is 6.16. The number of nitrogens with one attached hydrogen (secondary N) is 1. The molecule has 3 rings (SSSR count). The van der Waals surface area contributed by atoms with Crippen molar-refractivity contribution in [3.8, 4) is 0 Å². The fraction of sp³-hybridized carbons (Fsp3) is 0.188. The summed E-state index contributed by atoms with van der Waals surface area (Å²) in [4.78, 5) is 4.44. The zero-order valence-corrected chi connectivity index (χ0v) is 12.3. The van der Waals surface area contributed by atoms with Crippen LogP contribution in [0.25, 0.3) is 0 Å². The highest BCUT2D eigenvalue weighted by atomic mass is 35.5. The Morgan fingerprint density at radius 3 is 2.41 bits per heavy atom. The van der Waals surface area contributed by atoms with Gasteiger partial charge in [0, 0.05) is 23.4 Å². The summed E-state index contributed by atoms with van der Waals surface area (Å²) < 4.78 is 38.8. The lowest BCUT2D eigenvalue weighted by Gasteiger charge is -2.14. The van der Waals surface area contributed by atoms with Crippen molar-refractivity contribution in [3.63, 3.8) is 0 Å². The Bertz CT molecular complexity index is 682. The second-order valence-electron chi connectivity index (χ2n) is 4.78. The Labute approximate surface area is 132 Å². The minimum Gasteiger partial charge on any atom is -0.383 e. The molecule has 0 aliphatic carbocycles. The third kappa shape index (κ3) is 3.25. The van der Waals surface area contributed by atoms with E-state index in [1.54, 1.807) is 0 Å². The largest absolute Gasteiger partial charge is 0.416 e. The second-order valence-corrected chi connectivity index (χ2v) is 4.78. The van der Waals surface area contributed by atoms with Gasteiger partial charge >= 0.3 is 6.18 Å². The molecule has 0 saturated carbocycles. The number of alkyl halides is 3. The zero-order chi connectivity index (χ0) is 14.9. The molecule has 2 aromatic carbocycles. The number of halogens is 4. The summed E-state index contributed by atoms with van der Waals surface area (Å²) in [6, 6.07) is 13.0. The van der Waals surface area contributed by atoms with Gasteiger partial charge in [-0.3, -0.25) is 4.99 Å². The number of nitrogens with zero attached hydrogens (tertiary/aromatic N) is 1. The Morgan fingerprint density at radius 1 is 1.00 bits per heavy atom. The van der Waals surface area contributed by atoms with Gasteiger partial charge in [0.25, 0.3) is 0 Å². The smallest absolute Gasteiger partial charge is 0.383 e. The highest BCUT2D eigenvalue weighted by Gasteiger charge is 2.31. The van der Waals surface area contributed by atoms with Gasteiger partial charge in [-0.05, 0) is 18.2 Å². The van der Waals surface area contributed by atoms with Crippen LogP contribution in [-0.4, -0.2) is 18.8 Å². The number of anilines is 1. The molecule has 0 bridgehead atoms. The van der Waals surface area contributed by atoms with Crippen molar-refractivity contribution < 1.29 is 13.2 Å². The summed E-state index contributed by atoms with van der Waals surface area (Å²) in [5, 5.41) is 3.12. The van der Waals surface area contributed by atoms with Gasteiger partial charge in [-0.15, -0.1) is 12.4 Å². The van der Waals surface area contributed by atoms with Crippen molar-refractivity contribution in [2.75, 3.05) is 18.4 Å². The fourth-order valence-electron chi connectivity index (χ4n) is 2.36. The van der Waals surface area contributed by atoms with Crippen LogP contribution >= 0.6 is 12.4 Å². The molecule has 0 amide bonds. The summed E-state index contributed by atoms with van der Waals surface area (Å²) in [6.45, 7) is 1.13. The van der Waals surface area contributed by atoms with Crippen LogP contribution in [0.15, 0.2) is 53.5 Å². The Balaban J connectivity index is 0.00000176. The molecule has 0 spiro atoms. The molecule has 0 radical (unpaired) electrons. The van der Waals surface area contributed by atoms with E-state index in [2.05, 4.69) is 10.3 Å². The van der Waals surface area contributed by atoms with Crippen LogP contribution in [0.4, 0.5) is 18.9 Å². The van der Waals surface area contributed by atoms with Crippen molar-refractivity contribution in [1.29, 1.82) is 0 Å². The van der Waals surface area contributed by atoms with E-state index in [9.17, 15) is 13.2 Å². The van der Waals surface area contributed by atoms with E-state index < -0.39 is 11.7 Å². The van der Waals surface area contributed by atoms with Crippen molar-refractivity contribution in [1.82, 2.24) is 0 Å².